The van der Waals surface area contributed by atoms with E-state index < -0.39 is 0 Å². The Balaban J connectivity index is 1.59. The number of aromatic nitrogens is 2. The van der Waals surface area contributed by atoms with Gasteiger partial charge >= 0.3 is 0 Å². The summed E-state index contributed by atoms with van der Waals surface area (Å²) in [6.45, 7) is 3.69. The molecule has 1 aliphatic heterocycles. The van der Waals surface area contributed by atoms with Gasteiger partial charge in [-0.15, -0.1) is 0 Å². The van der Waals surface area contributed by atoms with Crippen LogP contribution in [0.4, 0.5) is 0 Å². The average Bonchev–Trinajstić information content (AvgIpc) is 3.13. The fourth-order valence-electron chi connectivity index (χ4n) is 4.86. The molecule has 2 bridgehead atoms. The zero-order valence-corrected chi connectivity index (χ0v) is 12.7. The predicted octanol–water partition coefficient (Wildman–Crippen LogP) is 2.50. The molecule has 2 heterocycles. The quantitative estimate of drug-likeness (QED) is 0.798. The van der Waals surface area contributed by atoms with E-state index >= 15 is 0 Å². The summed E-state index contributed by atoms with van der Waals surface area (Å²) in [4.78, 5) is 14.8. The second-order valence-electron chi connectivity index (χ2n) is 6.74. The number of hydrogen-bond donors (Lipinski definition) is 0. The highest BCUT2D eigenvalue weighted by molar-refractivity contribution is 6.34. The van der Waals surface area contributed by atoms with Crippen LogP contribution in [0.5, 0.6) is 0 Å². The van der Waals surface area contributed by atoms with Crippen molar-refractivity contribution >= 4 is 17.5 Å². The molecule has 4 atom stereocenters. The number of rotatable bonds is 1. The van der Waals surface area contributed by atoms with Crippen molar-refractivity contribution < 1.29 is 4.79 Å². The maximum Gasteiger partial charge on any atom is 0.273 e. The number of likely N-dealkylation sites (tertiary alicyclic amines) is 1. The first-order chi connectivity index (χ1) is 9.56. The van der Waals surface area contributed by atoms with Gasteiger partial charge in [0.15, 0.2) is 0 Å². The average molecular weight is 294 g/mol. The molecule has 0 spiro atoms. The summed E-state index contributed by atoms with van der Waals surface area (Å²) in [7, 11) is 1.80. The van der Waals surface area contributed by atoms with Crippen LogP contribution < -0.4 is 0 Å². The minimum atomic E-state index is 0.0619. The van der Waals surface area contributed by atoms with E-state index in [1.54, 1.807) is 11.7 Å². The van der Waals surface area contributed by atoms with Crippen molar-refractivity contribution in [3.05, 3.63) is 16.4 Å². The van der Waals surface area contributed by atoms with Gasteiger partial charge in [-0.25, -0.2) is 0 Å². The summed E-state index contributed by atoms with van der Waals surface area (Å²) in [5.74, 6) is 3.28. The fraction of sp³-hybridized carbons (Fsp3) is 0.733. The van der Waals surface area contributed by atoms with Crippen molar-refractivity contribution in [1.29, 1.82) is 0 Å². The van der Waals surface area contributed by atoms with Crippen molar-refractivity contribution in [2.24, 2.45) is 30.7 Å². The van der Waals surface area contributed by atoms with Gasteiger partial charge in [0.25, 0.3) is 5.91 Å². The number of amides is 1. The monoisotopic (exact) mass is 293 g/mol. The third kappa shape index (κ3) is 1.60. The summed E-state index contributed by atoms with van der Waals surface area (Å²) in [6, 6.07) is 0. The van der Waals surface area contributed by atoms with Crippen molar-refractivity contribution in [1.82, 2.24) is 14.7 Å². The summed E-state index contributed by atoms with van der Waals surface area (Å²) in [6.07, 6.45) is 4.15. The van der Waals surface area contributed by atoms with Crippen LogP contribution in [-0.4, -0.2) is 33.7 Å². The van der Waals surface area contributed by atoms with Gasteiger partial charge in [0.2, 0.25) is 0 Å². The number of carbonyl (C=O) groups is 1. The Morgan fingerprint density at radius 1 is 1.25 bits per heavy atom. The first-order valence-corrected chi connectivity index (χ1v) is 7.92. The Bertz CT molecular complexity index is 564. The first kappa shape index (κ1) is 12.7. The molecule has 0 N–H and O–H groups in total. The Kier molecular flexibility index (Phi) is 2.69. The molecule has 0 aromatic carbocycles. The van der Waals surface area contributed by atoms with Gasteiger partial charge in [0, 0.05) is 20.1 Å². The van der Waals surface area contributed by atoms with Gasteiger partial charge in [0.1, 0.15) is 5.69 Å². The molecular formula is C15H20ClN3O. The van der Waals surface area contributed by atoms with Crippen LogP contribution in [0.1, 0.15) is 35.4 Å². The van der Waals surface area contributed by atoms with Crippen molar-refractivity contribution in [3.63, 3.8) is 0 Å². The molecule has 3 aliphatic rings. The highest BCUT2D eigenvalue weighted by Crippen LogP contribution is 2.55. The van der Waals surface area contributed by atoms with Gasteiger partial charge in [-0.05, 0) is 49.9 Å². The van der Waals surface area contributed by atoms with Crippen LogP contribution in [0.3, 0.4) is 0 Å². The van der Waals surface area contributed by atoms with Crippen LogP contribution in [0.25, 0.3) is 0 Å². The standard InChI is InChI=1S/C15H20ClN3O/c1-8-13(16)14(18(2)17-8)15(20)19-6-11-9-3-4-10(5-9)12(11)7-19/h9-12H,3-7H2,1-2H3/t9-,10+,11-,12+. The van der Waals surface area contributed by atoms with E-state index in [4.69, 9.17) is 11.6 Å². The van der Waals surface area contributed by atoms with Gasteiger partial charge in [-0.2, -0.15) is 5.10 Å². The third-order valence-electron chi connectivity index (χ3n) is 5.78. The fourth-order valence-corrected chi connectivity index (χ4v) is 5.10. The molecule has 1 amide bonds. The van der Waals surface area contributed by atoms with Crippen molar-refractivity contribution in [3.8, 4) is 0 Å². The largest absolute Gasteiger partial charge is 0.337 e. The van der Waals surface area contributed by atoms with E-state index in [9.17, 15) is 4.79 Å². The maximum absolute atomic E-state index is 12.7. The Morgan fingerprint density at radius 3 is 2.35 bits per heavy atom. The summed E-state index contributed by atoms with van der Waals surface area (Å²) < 4.78 is 1.63. The Hall–Kier alpha value is -1.03. The smallest absolute Gasteiger partial charge is 0.273 e. The number of nitrogens with zero attached hydrogens (tertiary/aromatic N) is 3. The molecule has 0 unspecified atom stereocenters. The summed E-state index contributed by atoms with van der Waals surface area (Å²) in [5.41, 5.74) is 1.29. The molecule has 2 saturated carbocycles. The molecule has 108 valence electrons. The lowest BCUT2D eigenvalue weighted by molar-refractivity contribution is 0.0765. The van der Waals surface area contributed by atoms with Gasteiger partial charge in [-0.1, -0.05) is 11.6 Å². The lowest BCUT2D eigenvalue weighted by atomic mass is 9.82. The predicted molar refractivity (Wildman–Crippen MR) is 76.7 cm³/mol. The van der Waals surface area contributed by atoms with Crippen LogP contribution >= 0.6 is 11.6 Å². The van der Waals surface area contributed by atoms with E-state index in [1.807, 2.05) is 11.8 Å². The van der Waals surface area contributed by atoms with Crippen LogP contribution in [0, 0.1) is 30.6 Å². The van der Waals surface area contributed by atoms with Crippen LogP contribution in [0.15, 0.2) is 0 Å². The lowest BCUT2D eigenvalue weighted by Crippen LogP contribution is -2.32. The Labute approximate surface area is 124 Å². The van der Waals surface area contributed by atoms with Gasteiger partial charge in [0.05, 0.1) is 10.7 Å². The number of aryl methyl sites for hydroxylation is 2. The topological polar surface area (TPSA) is 38.1 Å². The van der Waals surface area contributed by atoms with Gasteiger partial charge < -0.3 is 4.90 Å². The summed E-state index contributed by atoms with van der Waals surface area (Å²) in [5, 5.41) is 4.77. The third-order valence-corrected chi connectivity index (χ3v) is 6.23. The minimum Gasteiger partial charge on any atom is -0.337 e. The van der Waals surface area contributed by atoms with Crippen molar-refractivity contribution in [2.75, 3.05) is 13.1 Å². The number of hydrogen-bond acceptors (Lipinski definition) is 2. The number of halogens is 1. The van der Waals surface area contributed by atoms with E-state index in [-0.39, 0.29) is 5.91 Å². The highest BCUT2D eigenvalue weighted by atomic mass is 35.5. The normalized spacial score (nSPS) is 34.9. The lowest BCUT2D eigenvalue weighted by Gasteiger charge is -2.22. The highest BCUT2D eigenvalue weighted by Gasteiger charge is 2.52. The van der Waals surface area contributed by atoms with E-state index in [2.05, 4.69) is 5.10 Å². The molecular weight excluding hydrogens is 274 g/mol. The molecule has 1 saturated heterocycles. The molecule has 20 heavy (non-hydrogen) atoms. The molecule has 5 heteroatoms. The van der Waals surface area contributed by atoms with Crippen LogP contribution in [0.2, 0.25) is 5.02 Å². The molecule has 1 aromatic rings. The Morgan fingerprint density at radius 2 is 1.85 bits per heavy atom. The molecule has 2 aliphatic carbocycles. The van der Waals surface area contributed by atoms with E-state index in [0.29, 0.717) is 10.7 Å². The first-order valence-electron chi connectivity index (χ1n) is 7.54. The zero-order valence-electron chi connectivity index (χ0n) is 12.0. The number of carbonyl (C=O) groups excluding carboxylic acids is 1. The molecule has 1 aromatic heterocycles. The number of fused-ring (bicyclic) bond motifs is 5. The SMILES string of the molecule is Cc1nn(C)c(C(=O)N2C[C@@H]3[C@@H]4CC[C@@H](C4)[C@@H]3C2)c1Cl. The van der Waals surface area contributed by atoms with E-state index in [1.165, 1.54) is 19.3 Å². The van der Waals surface area contributed by atoms with Gasteiger partial charge in [-0.3, -0.25) is 9.48 Å². The van der Waals surface area contributed by atoms with E-state index in [0.717, 1.165) is 42.5 Å². The second kappa shape index (κ2) is 4.23. The second-order valence-corrected chi connectivity index (χ2v) is 7.12. The minimum absolute atomic E-state index is 0.0619. The molecule has 4 nitrogen and oxygen atoms in total. The van der Waals surface area contributed by atoms with Crippen molar-refractivity contribution in [2.45, 2.75) is 26.2 Å². The summed E-state index contributed by atoms with van der Waals surface area (Å²) >= 11 is 6.25. The molecule has 3 fully saturated rings. The molecule has 4 rings (SSSR count). The van der Waals surface area contributed by atoms with Crippen LogP contribution in [-0.2, 0) is 7.05 Å². The molecule has 0 radical (unpaired) electrons. The maximum atomic E-state index is 12.7. The zero-order chi connectivity index (χ0) is 14.0.